The van der Waals surface area contributed by atoms with E-state index in [0.717, 1.165) is 12.8 Å². The Morgan fingerprint density at radius 1 is 1.67 bits per heavy atom. The summed E-state index contributed by atoms with van der Waals surface area (Å²) in [6.45, 7) is 5.86. The van der Waals surface area contributed by atoms with E-state index in [9.17, 15) is 9.59 Å². The molecule has 4 heteroatoms. The third-order valence-corrected chi connectivity index (χ3v) is 2.83. The van der Waals surface area contributed by atoms with Crippen LogP contribution in [0, 0.1) is 5.41 Å². The predicted octanol–water partition coefficient (Wildman–Crippen LogP) is 1.38. The summed E-state index contributed by atoms with van der Waals surface area (Å²) in [5.74, 6) is -0.463. The Balaban J connectivity index is 2.76. The summed E-state index contributed by atoms with van der Waals surface area (Å²) < 4.78 is 4.87. The summed E-state index contributed by atoms with van der Waals surface area (Å²) in [5.41, 5.74) is -1.02. The van der Waals surface area contributed by atoms with Crippen LogP contribution in [0.1, 0.15) is 32.6 Å². The lowest BCUT2D eigenvalue weighted by Gasteiger charge is -2.20. The van der Waals surface area contributed by atoms with E-state index in [1.54, 1.807) is 0 Å². The van der Waals surface area contributed by atoms with E-state index in [0.29, 0.717) is 19.4 Å². The number of ether oxygens (including phenoxy) is 1. The van der Waals surface area contributed by atoms with Crippen LogP contribution < -0.4 is 0 Å². The lowest BCUT2D eigenvalue weighted by molar-refractivity contribution is -0.150. The first-order chi connectivity index (χ1) is 7.17. The third-order valence-electron chi connectivity index (χ3n) is 2.83. The molecule has 1 rings (SSSR count). The number of ketones is 1. The van der Waals surface area contributed by atoms with Crippen molar-refractivity contribution >= 4 is 18.5 Å². The maximum atomic E-state index is 11.9. The van der Waals surface area contributed by atoms with E-state index >= 15 is 0 Å². The van der Waals surface area contributed by atoms with Gasteiger partial charge in [-0.25, -0.2) is 0 Å². The SMILES string of the molecule is C=NCC1(C(=O)CCCC)CCOC1=O. The van der Waals surface area contributed by atoms with Gasteiger partial charge in [-0.15, -0.1) is 0 Å². The topological polar surface area (TPSA) is 55.7 Å². The fraction of sp³-hybridized carbons (Fsp3) is 0.727. The van der Waals surface area contributed by atoms with Gasteiger partial charge in [-0.3, -0.25) is 14.6 Å². The zero-order chi connectivity index (χ0) is 11.3. The van der Waals surface area contributed by atoms with Crippen LogP contribution in [0.5, 0.6) is 0 Å². The smallest absolute Gasteiger partial charge is 0.321 e. The van der Waals surface area contributed by atoms with Gasteiger partial charge in [0.2, 0.25) is 0 Å². The molecular formula is C11H17NO3. The summed E-state index contributed by atoms with van der Waals surface area (Å²) in [6.07, 6.45) is 2.64. The van der Waals surface area contributed by atoms with E-state index in [1.807, 2.05) is 6.92 Å². The van der Waals surface area contributed by atoms with Crippen LogP contribution in [-0.2, 0) is 14.3 Å². The van der Waals surface area contributed by atoms with Gasteiger partial charge in [0.05, 0.1) is 13.2 Å². The van der Waals surface area contributed by atoms with Crippen LogP contribution in [0.4, 0.5) is 0 Å². The van der Waals surface area contributed by atoms with Crippen molar-refractivity contribution < 1.29 is 14.3 Å². The van der Waals surface area contributed by atoms with E-state index in [4.69, 9.17) is 4.74 Å². The van der Waals surface area contributed by atoms with Crippen molar-refractivity contribution in [2.24, 2.45) is 10.4 Å². The largest absolute Gasteiger partial charge is 0.465 e. The van der Waals surface area contributed by atoms with E-state index in [1.165, 1.54) is 0 Å². The lowest BCUT2D eigenvalue weighted by Crippen LogP contribution is -2.38. The van der Waals surface area contributed by atoms with Gasteiger partial charge in [0, 0.05) is 12.8 Å². The molecule has 0 aromatic carbocycles. The highest BCUT2D eigenvalue weighted by molar-refractivity contribution is 6.05. The molecule has 0 aromatic heterocycles. The molecular weight excluding hydrogens is 194 g/mol. The molecule has 1 fully saturated rings. The number of esters is 1. The maximum Gasteiger partial charge on any atom is 0.321 e. The minimum Gasteiger partial charge on any atom is -0.465 e. The molecule has 0 aliphatic carbocycles. The lowest BCUT2D eigenvalue weighted by atomic mass is 9.80. The number of carbonyl (C=O) groups is 2. The number of aliphatic imine (C=N–C) groups is 1. The molecule has 0 radical (unpaired) electrons. The fourth-order valence-corrected chi connectivity index (χ4v) is 1.81. The number of hydrogen-bond donors (Lipinski definition) is 0. The number of Topliss-reactive ketones (excluding diaryl/α,β-unsaturated/α-hetero) is 1. The Morgan fingerprint density at radius 3 is 2.87 bits per heavy atom. The first-order valence-corrected chi connectivity index (χ1v) is 5.30. The second-order valence-electron chi connectivity index (χ2n) is 3.88. The normalized spacial score (nSPS) is 25.0. The van der Waals surface area contributed by atoms with Gasteiger partial charge in [0.25, 0.3) is 0 Å². The number of hydrogen-bond acceptors (Lipinski definition) is 4. The Labute approximate surface area is 89.7 Å². The maximum absolute atomic E-state index is 11.9. The molecule has 1 aliphatic heterocycles. The van der Waals surface area contributed by atoms with Crippen molar-refractivity contribution in [1.29, 1.82) is 0 Å². The number of nitrogens with zero attached hydrogens (tertiary/aromatic N) is 1. The second kappa shape index (κ2) is 5.05. The first kappa shape index (κ1) is 11.9. The Hall–Kier alpha value is -1.19. The highest BCUT2D eigenvalue weighted by atomic mass is 16.5. The van der Waals surface area contributed by atoms with Gasteiger partial charge in [-0.2, -0.15) is 0 Å². The van der Waals surface area contributed by atoms with Crippen molar-refractivity contribution in [2.75, 3.05) is 13.2 Å². The summed E-state index contributed by atoms with van der Waals surface area (Å²) >= 11 is 0. The van der Waals surface area contributed by atoms with Crippen LogP contribution in [0.15, 0.2) is 4.99 Å². The van der Waals surface area contributed by atoms with Gasteiger partial charge < -0.3 is 4.74 Å². The minimum atomic E-state index is -1.02. The molecule has 0 saturated carbocycles. The fourth-order valence-electron chi connectivity index (χ4n) is 1.81. The quantitative estimate of drug-likeness (QED) is 0.379. The standard InChI is InChI=1S/C11H17NO3/c1-3-4-5-9(13)11(8-12-2)6-7-15-10(11)14/h2-8H2,1H3. The van der Waals surface area contributed by atoms with Gasteiger partial charge in [0.15, 0.2) is 5.78 Å². The third kappa shape index (κ3) is 2.25. The molecule has 1 unspecified atom stereocenters. The van der Waals surface area contributed by atoms with Crippen LogP contribution in [0.25, 0.3) is 0 Å². The molecule has 0 bridgehead atoms. The Morgan fingerprint density at radius 2 is 2.40 bits per heavy atom. The molecule has 1 saturated heterocycles. The average molecular weight is 211 g/mol. The molecule has 15 heavy (non-hydrogen) atoms. The molecule has 1 aliphatic rings. The monoisotopic (exact) mass is 211 g/mol. The zero-order valence-corrected chi connectivity index (χ0v) is 9.12. The van der Waals surface area contributed by atoms with Crippen molar-refractivity contribution in [3.05, 3.63) is 0 Å². The number of unbranched alkanes of at least 4 members (excludes halogenated alkanes) is 1. The van der Waals surface area contributed by atoms with E-state index in [-0.39, 0.29) is 12.3 Å². The molecule has 0 spiro atoms. The number of rotatable bonds is 6. The second-order valence-corrected chi connectivity index (χ2v) is 3.88. The summed E-state index contributed by atoms with van der Waals surface area (Å²) in [7, 11) is 0. The highest BCUT2D eigenvalue weighted by Crippen LogP contribution is 2.33. The van der Waals surface area contributed by atoms with Crippen LogP contribution >= 0.6 is 0 Å². The summed E-state index contributed by atoms with van der Waals surface area (Å²) in [6, 6.07) is 0. The zero-order valence-electron chi connectivity index (χ0n) is 9.12. The predicted molar refractivity (Wildman–Crippen MR) is 57.0 cm³/mol. The van der Waals surface area contributed by atoms with Crippen molar-refractivity contribution in [1.82, 2.24) is 0 Å². The molecule has 84 valence electrons. The molecule has 1 atom stereocenters. The number of carbonyl (C=O) groups excluding carboxylic acids is 2. The van der Waals surface area contributed by atoms with Gasteiger partial charge in [0.1, 0.15) is 5.41 Å². The van der Waals surface area contributed by atoms with E-state index < -0.39 is 11.4 Å². The molecule has 1 heterocycles. The molecule has 0 amide bonds. The van der Waals surface area contributed by atoms with Gasteiger partial charge >= 0.3 is 5.97 Å². The molecule has 0 aromatic rings. The van der Waals surface area contributed by atoms with Crippen molar-refractivity contribution in [3.8, 4) is 0 Å². The summed E-state index contributed by atoms with van der Waals surface area (Å²) in [4.78, 5) is 27.2. The van der Waals surface area contributed by atoms with Crippen LogP contribution in [-0.4, -0.2) is 31.6 Å². The Kier molecular flexibility index (Phi) is 4.00. The van der Waals surface area contributed by atoms with Gasteiger partial charge in [-0.05, 0) is 13.1 Å². The van der Waals surface area contributed by atoms with E-state index in [2.05, 4.69) is 11.7 Å². The highest BCUT2D eigenvalue weighted by Gasteiger charge is 2.49. The first-order valence-electron chi connectivity index (χ1n) is 5.30. The van der Waals surface area contributed by atoms with Crippen LogP contribution in [0.2, 0.25) is 0 Å². The minimum absolute atomic E-state index is 0.0424. The average Bonchev–Trinajstić information content (AvgIpc) is 2.58. The van der Waals surface area contributed by atoms with Crippen molar-refractivity contribution in [2.45, 2.75) is 32.6 Å². The Bertz CT molecular complexity index is 275. The molecule has 0 N–H and O–H groups in total. The molecule has 4 nitrogen and oxygen atoms in total. The van der Waals surface area contributed by atoms with Crippen LogP contribution in [0.3, 0.4) is 0 Å². The van der Waals surface area contributed by atoms with Crippen molar-refractivity contribution in [3.63, 3.8) is 0 Å². The van der Waals surface area contributed by atoms with Gasteiger partial charge in [-0.1, -0.05) is 13.3 Å². The summed E-state index contributed by atoms with van der Waals surface area (Å²) in [5, 5.41) is 0. The number of cyclic esters (lactones) is 1.